The van der Waals surface area contributed by atoms with Crippen LogP contribution in [0.5, 0.6) is 0 Å². The number of hydrogen-bond donors (Lipinski definition) is 0. The van der Waals surface area contributed by atoms with E-state index in [0.717, 1.165) is 37.7 Å². The molecule has 0 N–H and O–H groups in total. The molecule has 3 aliphatic carbocycles. The van der Waals surface area contributed by atoms with Crippen molar-refractivity contribution in [2.75, 3.05) is 0 Å². The zero-order valence-electron chi connectivity index (χ0n) is 16.3. The minimum absolute atomic E-state index is 0.260. The van der Waals surface area contributed by atoms with Crippen LogP contribution in [0.4, 0.5) is 8.78 Å². The Balaban J connectivity index is 1.55. The van der Waals surface area contributed by atoms with E-state index < -0.39 is 10.1 Å². The summed E-state index contributed by atoms with van der Waals surface area (Å²) in [6.45, 7) is 2.26. The molecule has 0 spiro atoms. The predicted molar refractivity (Wildman–Crippen MR) is 120 cm³/mol. The third-order valence-corrected chi connectivity index (χ3v) is 7.36. The van der Waals surface area contributed by atoms with Crippen LogP contribution in [0.1, 0.15) is 71.1 Å². The quantitative estimate of drug-likeness (QED) is 0.154. The number of rotatable bonds is 6. The van der Waals surface area contributed by atoms with Crippen LogP contribution in [-0.2, 0) is 0 Å². The third-order valence-electron chi connectivity index (χ3n) is 6.08. The lowest BCUT2D eigenvalue weighted by Gasteiger charge is -2.27. The molecule has 0 radical (unpaired) electrons. The summed E-state index contributed by atoms with van der Waals surface area (Å²) in [5.74, 6) is -0.0562. The van der Waals surface area contributed by atoms with E-state index in [0.29, 0.717) is 0 Å². The molecule has 3 aliphatic rings. The van der Waals surface area contributed by atoms with Crippen molar-refractivity contribution in [2.45, 2.75) is 81.2 Å². The highest BCUT2D eigenvalue weighted by atomic mass is 127. The molecule has 3 atom stereocenters. The molecule has 0 aromatic rings. The average molecular weight is 484 g/mol. The highest BCUT2D eigenvalue weighted by Crippen LogP contribution is 2.39. The molecule has 0 aromatic carbocycles. The molecule has 0 aliphatic heterocycles. The fraction of sp³-hybridized carbons (Fsp3) is 0.583. The minimum Gasteiger partial charge on any atom is -0.241 e. The Hall–Kier alpha value is -0.710. The van der Waals surface area contributed by atoms with E-state index in [9.17, 15) is 8.78 Å². The molecule has 27 heavy (non-hydrogen) atoms. The summed E-state index contributed by atoms with van der Waals surface area (Å²) in [4.78, 5) is 0. The van der Waals surface area contributed by atoms with Crippen LogP contribution < -0.4 is 0 Å². The molecule has 0 nitrogen and oxygen atoms in total. The van der Waals surface area contributed by atoms with Gasteiger partial charge in [0.25, 0.3) is 0 Å². The predicted octanol–water partition coefficient (Wildman–Crippen LogP) is 8.27. The van der Waals surface area contributed by atoms with Gasteiger partial charge in [-0.15, -0.1) is 0 Å². The maximum absolute atomic E-state index is 14.0. The van der Waals surface area contributed by atoms with Gasteiger partial charge >= 0.3 is 0 Å². The fourth-order valence-electron chi connectivity index (χ4n) is 4.38. The highest BCUT2D eigenvalue weighted by molar-refractivity contribution is 14.1. The molecule has 0 amide bonds. The summed E-state index contributed by atoms with van der Waals surface area (Å²) in [5, 5.41) is 0. The SMILES string of the molecule is CCCCCC1=CCC=C(C2=CCC(C3=CC(F)C(I)C(F)=C3)CC2)CC1. The van der Waals surface area contributed by atoms with E-state index >= 15 is 0 Å². The van der Waals surface area contributed by atoms with Crippen molar-refractivity contribution in [2.24, 2.45) is 5.92 Å². The smallest absolute Gasteiger partial charge is 0.137 e. The van der Waals surface area contributed by atoms with Gasteiger partial charge in [-0.25, -0.2) is 8.78 Å². The second kappa shape index (κ2) is 10.2. The molecule has 0 aromatic heterocycles. The summed E-state index contributed by atoms with van der Waals surface area (Å²) < 4.78 is 27.3. The lowest BCUT2D eigenvalue weighted by atomic mass is 9.80. The van der Waals surface area contributed by atoms with Crippen molar-refractivity contribution in [3.63, 3.8) is 0 Å². The lowest BCUT2D eigenvalue weighted by Crippen LogP contribution is -2.21. The Bertz CT molecular complexity index is 680. The van der Waals surface area contributed by atoms with Gasteiger partial charge in [0.1, 0.15) is 12.0 Å². The fourth-order valence-corrected chi connectivity index (χ4v) is 4.77. The Morgan fingerprint density at radius 2 is 1.89 bits per heavy atom. The maximum atomic E-state index is 14.0. The molecule has 0 heterocycles. The molecule has 148 valence electrons. The monoisotopic (exact) mass is 484 g/mol. The molecule has 0 saturated carbocycles. The summed E-state index contributed by atoms with van der Waals surface area (Å²) in [6, 6.07) is 0. The van der Waals surface area contributed by atoms with Crippen molar-refractivity contribution in [1.29, 1.82) is 0 Å². The summed E-state index contributed by atoms with van der Waals surface area (Å²) in [6.07, 6.45) is 20.7. The highest BCUT2D eigenvalue weighted by Gasteiger charge is 2.29. The topological polar surface area (TPSA) is 0 Å². The van der Waals surface area contributed by atoms with Gasteiger partial charge in [0.05, 0.1) is 3.92 Å². The zero-order chi connectivity index (χ0) is 19.2. The van der Waals surface area contributed by atoms with E-state index in [2.05, 4.69) is 25.2 Å². The van der Waals surface area contributed by atoms with Crippen LogP contribution >= 0.6 is 22.6 Å². The first kappa shape index (κ1) is 21.0. The molecule has 3 rings (SSSR count). The van der Waals surface area contributed by atoms with Crippen LogP contribution in [0.3, 0.4) is 0 Å². The molecule has 0 bridgehead atoms. The van der Waals surface area contributed by atoms with Crippen molar-refractivity contribution in [3.8, 4) is 0 Å². The Morgan fingerprint density at radius 1 is 1.07 bits per heavy atom. The number of halogens is 3. The number of alkyl halides is 2. The minimum atomic E-state index is -1.20. The van der Waals surface area contributed by atoms with Gasteiger partial charge in [0, 0.05) is 0 Å². The van der Waals surface area contributed by atoms with Crippen molar-refractivity contribution >= 4 is 22.6 Å². The summed E-state index contributed by atoms with van der Waals surface area (Å²) in [5.41, 5.74) is 5.46. The summed E-state index contributed by atoms with van der Waals surface area (Å²) in [7, 11) is 0. The summed E-state index contributed by atoms with van der Waals surface area (Å²) >= 11 is 1.85. The Labute approximate surface area is 176 Å². The van der Waals surface area contributed by atoms with E-state index in [1.165, 1.54) is 43.3 Å². The van der Waals surface area contributed by atoms with Crippen molar-refractivity contribution in [3.05, 3.63) is 58.5 Å². The van der Waals surface area contributed by atoms with E-state index in [1.54, 1.807) is 17.7 Å². The van der Waals surface area contributed by atoms with Gasteiger partial charge in [-0.3, -0.25) is 0 Å². The average Bonchev–Trinajstić information content (AvgIpc) is 2.92. The van der Waals surface area contributed by atoms with Gasteiger partial charge in [0.15, 0.2) is 0 Å². The Morgan fingerprint density at radius 3 is 2.59 bits per heavy atom. The van der Waals surface area contributed by atoms with Gasteiger partial charge in [0.2, 0.25) is 0 Å². The zero-order valence-corrected chi connectivity index (χ0v) is 18.5. The molecule has 3 unspecified atom stereocenters. The largest absolute Gasteiger partial charge is 0.241 e. The lowest BCUT2D eigenvalue weighted by molar-refractivity contribution is 0.377. The third kappa shape index (κ3) is 5.65. The van der Waals surface area contributed by atoms with E-state index in [-0.39, 0.29) is 11.7 Å². The van der Waals surface area contributed by atoms with E-state index in [4.69, 9.17) is 0 Å². The second-order valence-corrected chi connectivity index (χ2v) is 9.37. The number of allylic oxidation sites excluding steroid dienone is 10. The van der Waals surface area contributed by atoms with Crippen LogP contribution in [0, 0.1) is 5.92 Å². The van der Waals surface area contributed by atoms with Crippen molar-refractivity contribution in [1.82, 2.24) is 0 Å². The standard InChI is InChI=1S/C24H31F2I/c1-2-3-4-6-17-7-5-8-18(10-9-17)19-11-13-20(14-12-19)21-15-22(25)24(27)23(26)16-21/h7-8,11,15-16,20,22,24H,2-6,9-10,12-14H2,1H3. The van der Waals surface area contributed by atoms with Crippen molar-refractivity contribution < 1.29 is 8.78 Å². The van der Waals surface area contributed by atoms with Crippen LogP contribution in [0.2, 0.25) is 0 Å². The Kier molecular flexibility index (Phi) is 7.92. The van der Waals surface area contributed by atoms with Gasteiger partial charge in [-0.05, 0) is 86.2 Å². The van der Waals surface area contributed by atoms with E-state index in [1.807, 2.05) is 22.6 Å². The normalized spacial score (nSPS) is 29.2. The molecule has 0 saturated heterocycles. The van der Waals surface area contributed by atoms with Gasteiger partial charge < -0.3 is 0 Å². The first-order chi connectivity index (χ1) is 13.1. The second-order valence-electron chi connectivity index (χ2n) is 8.03. The van der Waals surface area contributed by atoms with Crippen LogP contribution in [-0.4, -0.2) is 10.1 Å². The first-order valence-corrected chi connectivity index (χ1v) is 11.8. The molecule has 0 fully saturated rings. The maximum Gasteiger partial charge on any atom is 0.137 e. The van der Waals surface area contributed by atoms with Crippen LogP contribution in [0.15, 0.2) is 58.5 Å². The number of unbranched alkanes of at least 4 members (excludes halogenated alkanes) is 2. The molecular formula is C24H31F2I. The molecular weight excluding hydrogens is 453 g/mol. The van der Waals surface area contributed by atoms with Crippen LogP contribution in [0.25, 0.3) is 0 Å². The molecule has 3 heteroatoms. The van der Waals surface area contributed by atoms with Gasteiger partial charge in [-0.2, -0.15) is 0 Å². The number of hydrogen-bond acceptors (Lipinski definition) is 0. The first-order valence-electron chi connectivity index (χ1n) is 10.5. The van der Waals surface area contributed by atoms with Gasteiger partial charge in [-0.1, -0.05) is 66.2 Å².